The second kappa shape index (κ2) is 8.75. The van der Waals surface area contributed by atoms with Crippen LogP contribution in [0.1, 0.15) is 25.7 Å². The number of piperidine rings is 1. The fourth-order valence-corrected chi connectivity index (χ4v) is 2.88. The molecular weight excluding hydrogens is 332 g/mol. The van der Waals surface area contributed by atoms with Crippen LogP contribution < -0.4 is 10.1 Å². The van der Waals surface area contributed by atoms with E-state index in [1.54, 1.807) is 6.07 Å². The van der Waals surface area contributed by atoms with Crippen molar-refractivity contribution >= 4 is 29.1 Å². The van der Waals surface area contributed by atoms with Crippen LogP contribution in [0.15, 0.2) is 24.4 Å². The van der Waals surface area contributed by atoms with Crippen molar-refractivity contribution in [2.45, 2.75) is 25.7 Å². The highest BCUT2D eigenvalue weighted by atomic mass is 35.5. The molecule has 0 atom stereocenters. The third-order valence-corrected chi connectivity index (χ3v) is 4.18. The number of nitro groups is 1. The Morgan fingerprint density at radius 2 is 2.08 bits per heavy atom. The van der Waals surface area contributed by atoms with Crippen LogP contribution in [0, 0.1) is 16.0 Å². The first-order chi connectivity index (χ1) is 11.2. The van der Waals surface area contributed by atoms with Crippen molar-refractivity contribution in [3.63, 3.8) is 0 Å². The van der Waals surface area contributed by atoms with Crippen molar-refractivity contribution < 1.29 is 9.66 Å². The van der Waals surface area contributed by atoms with E-state index in [2.05, 4.69) is 15.3 Å². The van der Waals surface area contributed by atoms with Gasteiger partial charge in [-0.15, -0.1) is 12.4 Å². The van der Waals surface area contributed by atoms with Crippen molar-refractivity contribution in [1.82, 2.24) is 15.3 Å². The molecular formula is C16H21ClN4O3. The van der Waals surface area contributed by atoms with Gasteiger partial charge in [-0.05, 0) is 50.8 Å². The number of nitro benzene ring substituents is 1. The van der Waals surface area contributed by atoms with Gasteiger partial charge in [0, 0.05) is 12.1 Å². The zero-order chi connectivity index (χ0) is 16.1. The van der Waals surface area contributed by atoms with Crippen LogP contribution in [0.2, 0.25) is 0 Å². The van der Waals surface area contributed by atoms with Crippen LogP contribution in [-0.4, -0.2) is 34.6 Å². The molecule has 0 radical (unpaired) electrons. The van der Waals surface area contributed by atoms with Crippen LogP contribution in [-0.2, 0) is 0 Å². The minimum Gasteiger partial charge on any atom is -0.477 e. The van der Waals surface area contributed by atoms with Crippen LogP contribution in [0.25, 0.3) is 11.0 Å². The molecule has 0 bridgehead atoms. The molecule has 1 aliphatic heterocycles. The first-order valence-electron chi connectivity index (χ1n) is 7.97. The SMILES string of the molecule is Cl.O=[N+]([O-])c1ccc2nc(OCCCC3CCNCC3)cnc2c1. The zero-order valence-corrected chi connectivity index (χ0v) is 14.1. The Kier molecular flexibility index (Phi) is 6.69. The molecule has 0 aliphatic carbocycles. The number of hydrogen-bond acceptors (Lipinski definition) is 6. The average molecular weight is 353 g/mol. The van der Waals surface area contributed by atoms with Gasteiger partial charge in [0.05, 0.1) is 28.8 Å². The Hall–Kier alpha value is -1.99. The third-order valence-electron chi connectivity index (χ3n) is 4.18. The number of nitrogens with zero attached hydrogens (tertiary/aromatic N) is 3. The van der Waals surface area contributed by atoms with Gasteiger partial charge in [-0.1, -0.05) is 0 Å². The fraction of sp³-hybridized carbons (Fsp3) is 0.500. The molecule has 0 spiro atoms. The molecule has 2 aromatic rings. The standard InChI is InChI=1S/C16H20N4O3.ClH/c21-20(22)13-3-4-14-15(10-13)18-11-16(19-14)23-9-1-2-12-5-7-17-8-6-12;/h3-4,10-12,17H,1-2,5-9H2;1H. The number of halogens is 1. The topological polar surface area (TPSA) is 90.2 Å². The lowest BCUT2D eigenvalue weighted by atomic mass is 9.93. The maximum atomic E-state index is 10.7. The zero-order valence-electron chi connectivity index (χ0n) is 13.3. The summed E-state index contributed by atoms with van der Waals surface area (Å²) >= 11 is 0. The number of aromatic nitrogens is 2. The maximum absolute atomic E-state index is 10.7. The van der Waals surface area contributed by atoms with Gasteiger partial charge in [0.15, 0.2) is 0 Å². The normalized spacial score (nSPS) is 15.0. The molecule has 8 heteroatoms. The van der Waals surface area contributed by atoms with Gasteiger partial charge in [0.1, 0.15) is 0 Å². The fourth-order valence-electron chi connectivity index (χ4n) is 2.88. The van der Waals surface area contributed by atoms with Crippen LogP contribution in [0.5, 0.6) is 5.88 Å². The second-order valence-electron chi connectivity index (χ2n) is 5.82. The summed E-state index contributed by atoms with van der Waals surface area (Å²) in [7, 11) is 0. The highest BCUT2D eigenvalue weighted by Gasteiger charge is 2.12. The van der Waals surface area contributed by atoms with Gasteiger partial charge >= 0.3 is 0 Å². The van der Waals surface area contributed by atoms with Gasteiger partial charge in [0.2, 0.25) is 5.88 Å². The highest BCUT2D eigenvalue weighted by Crippen LogP contribution is 2.20. The summed E-state index contributed by atoms with van der Waals surface area (Å²) in [6.45, 7) is 2.86. The Labute approximate surface area is 146 Å². The summed E-state index contributed by atoms with van der Waals surface area (Å²) in [5, 5.41) is 14.1. The summed E-state index contributed by atoms with van der Waals surface area (Å²) < 4.78 is 5.66. The lowest BCUT2D eigenvalue weighted by molar-refractivity contribution is -0.384. The molecule has 1 aromatic carbocycles. The molecule has 7 nitrogen and oxygen atoms in total. The number of ether oxygens (including phenoxy) is 1. The van der Waals surface area contributed by atoms with Crippen molar-refractivity contribution in [3.8, 4) is 5.88 Å². The Bertz CT molecular complexity index is 692. The first kappa shape index (κ1) is 18.4. The van der Waals surface area contributed by atoms with E-state index in [9.17, 15) is 10.1 Å². The lowest BCUT2D eigenvalue weighted by Gasteiger charge is -2.22. The van der Waals surface area contributed by atoms with E-state index >= 15 is 0 Å². The minimum absolute atomic E-state index is 0. The molecule has 0 amide bonds. The average Bonchev–Trinajstić information content (AvgIpc) is 2.59. The molecule has 1 aromatic heterocycles. The Balaban J connectivity index is 0.00000208. The number of rotatable bonds is 6. The molecule has 1 saturated heterocycles. The van der Waals surface area contributed by atoms with Crippen molar-refractivity contribution in [1.29, 1.82) is 0 Å². The summed E-state index contributed by atoms with van der Waals surface area (Å²) in [4.78, 5) is 18.8. The molecule has 1 N–H and O–H groups in total. The lowest BCUT2D eigenvalue weighted by Crippen LogP contribution is -2.27. The monoisotopic (exact) mass is 352 g/mol. The van der Waals surface area contributed by atoms with E-state index in [0.29, 0.717) is 23.5 Å². The number of fused-ring (bicyclic) bond motifs is 1. The van der Waals surface area contributed by atoms with Gasteiger partial charge in [0.25, 0.3) is 5.69 Å². The van der Waals surface area contributed by atoms with Gasteiger partial charge < -0.3 is 10.1 Å². The molecule has 3 rings (SSSR count). The first-order valence-corrected chi connectivity index (χ1v) is 7.97. The predicted molar refractivity (Wildman–Crippen MR) is 93.8 cm³/mol. The number of benzene rings is 1. The van der Waals surface area contributed by atoms with Crippen molar-refractivity contribution in [2.24, 2.45) is 5.92 Å². The number of nitrogens with one attached hydrogen (secondary N) is 1. The number of non-ortho nitro benzene ring substituents is 1. The van der Waals surface area contributed by atoms with Gasteiger partial charge in [-0.3, -0.25) is 10.1 Å². The molecule has 0 saturated carbocycles. The highest BCUT2D eigenvalue weighted by molar-refractivity contribution is 5.85. The summed E-state index contributed by atoms with van der Waals surface area (Å²) in [6.07, 6.45) is 6.19. The molecule has 0 unspecified atom stereocenters. The van der Waals surface area contributed by atoms with E-state index in [4.69, 9.17) is 4.74 Å². The largest absolute Gasteiger partial charge is 0.477 e. The Morgan fingerprint density at radius 3 is 2.83 bits per heavy atom. The molecule has 1 fully saturated rings. The molecule has 130 valence electrons. The maximum Gasteiger partial charge on any atom is 0.271 e. The van der Waals surface area contributed by atoms with Crippen LogP contribution >= 0.6 is 12.4 Å². The van der Waals surface area contributed by atoms with E-state index in [1.807, 2.05) is 0 Å². The van der Waals surface area contributed by atoms with Gasteiger partial charge in [-0.25, -0.2) is 9.97 Å². The third kappa shape index (κ3) is 4.75. The van der Waals surface area contributed by atoms with E-state index in [-0.39, 0.29) is 18.1 Å². The van der Waals surface area contributed by atoms with Crippen LogP contribution in [0.3, 0.4) is 0 Å². The summed E-state index contributed by atoms with van der Waals surface area (Å²) in [5.41, 5.74) is 1.12. The quantitative estimate of drug-likeness (QED) is 0.488. The molecule has 24 heavy (non-hydrogen) atoms. The predicted octanol–water partition coefficient (Wildman–Crippen LogP) is 3.12. The van der Waals surface area contributed by atoms with E-state index in [0.717, 1.165) is 25.4 Å². The van der Waals surface area contributed by atoms with E-state index in [1.165, 1.54) is 37.6 Å². The Morgan fingerprint density at radius 1 is 1.29 bits per heavy atom. The van der Waals surface area contributed by atoms with Crippen LogP contribution in [0.4, 0.5) is 5.69 Å². The minimum atomic E-state index is -0.438. The number of hydrogen-bond donors (Lipinski definition) is 1. The van der Waals surface area contributed by atoms with Crippen molar-refractivity contribution in [2.75, 3.05) is 19.7 Å². The molecule has 2 heterocycles. The molecule has 1 aliphatic rings. The smallest absolute Gasteiger partial charge is 0.271 e. The summed E-state index contributed by atoms with van der Waals surface area (Å²) in [6, 6.07) is 4.45. The second-order valence-corrected chi connectivity index (χ2v) is 5.82. The van der Waals surface area contributed by atoms with Gasteiger partial charge in [-0.2, -0.15) is 0 Å². The summed E-state index contributed by atoms with van der Waals surface area (Å²) in [5.74, 6) is 1.26. The van der Waals surface area contributed by atoms with Crippen molar-refractivity contribution in [3.05, 3.63) is 34.5 Å². The van der Waals surface area contributed by atoms with E-state index < -0.39 is 4.92 Å².